The third-order valence-electron chi connectivity index (χ3n) is 4.11. The predicted molar refractivity (Wildman–Crippen MR) is 98.6 cm³/mol. The summed E-state index contributed by atoms with van der Waals surface area (Å²) in [5.74, 6) is 0.579. The van der Waals surface area contributed by atoms with Gasteiger partial charge in [0.25, 0.3) is 5.91 Å². The summed E-state index contributed by atoms with van der Waals surface area (Å²) in [4.78, 5) is 12.3. The number of ether oxygens (including phenoxy) is 1. The number of anilines is 1. The van der Waals surface area contributed by atoms with Crippen molar-refractivity contribution in [3.63, 3.8) is 0 Å². The summed E-state index contributed by atoms with van der Waals surface area (Å²) in [7, 11) is 0. The molecule has 0 aliphatic heterocycles. The lowest BCUT2D eigenvalue weighted by atomic mass is 10.1. The number of carbonyl (C=O) groups excluding carboxylic acids is 1. The Morgan fingerprint density at radius 2 is 1.75 bits per heavy atom. The molecule has 3 aromatic carbocycles. The Labute approximate surface area is 142 Å². The zero-order valence-electron chi connectivity index (χ0n) is 14.0. The van der Waals surface area contributed by atoms with E-state index in [0.717, 1.165) is 39.8 Å². The van der Waals surface area contributed by atoms with E-state index in [4.69, 9.17) is 4.74 Å². The second-order valence-corrected chi connectivity index (χ2v) is 5.78. The van der Waals surface area contributed by atoms with Gasteiger partial charge in [0.1, 0.15) is 5.75 Å². The maximum Gasteiger partial charge on any atom is 0.262 e. The van der Waals surface area contributed by atoms with Crippen LogP contribution >= 0.6 is 0 Å². The number of nitrogens with one attached hydrogen (secondary N) is 1. The average Bonchev–Trinajstić information content (AvgIpc) is 2.61. The molecule has 0 atom stereocenters. The Hall–Kier alpha value is -2.81. The van der Waals surface area contributed by atoms with Crippen LogP contribution in [0.5, 0.6) is 5.75 Å². The molecule has 0 aromatic heterocycles. The molecule has 0 spiro atoms. The fourth-order valence-corrected chi connectivity index (χ4v) is 2.84. The molecule has 1 amide bonds. The molecule has 0 radical (unpaired) electrons. The van der Waals surface area contributed by atoms with E-state index in [1.54, 1.807) is 0 Å². The number of aryl methyl sites for hydroxylation is 2. The maximum atomic E-state index is 12.3. The van der Waals surface area contributed by atoms with E-state index in [-0.39, 0.29) is 12.5 Å². The third-order valence-corrected chi connectivity index (χ3v) is 4.11. The Bertz CT molecular complexity index is 865. The van der Waals surface area contributed by atoms with E-state index in [1.807, 2.05) is 67.6 Å². The van der Waals surface area contributed by atoms with Gasteiger partial charge >= 0.3 is 0 Å². The summed E-state index contributed by atoms with van der Waals surface area (Å²) in [6.45, 7) is 4.07. The van der Waals surface area contributed by atoms with Crippen LogP contribution in [0.2, 0.25) is 0 Å². The Kier molecular flexibility index (Phi) is 4.80. The SMILES string of the molecule is CCc1cccc(C)c1NC(=O)COc1cccc2ccccc12. The first kappa shape index (κ1) is 16.1. The summed E-state index contributed by atoms with van der Waals surface area (Å²) < 4.78 is 5.75. The van der Waals surface area contributed by atoms with Crippen molar-refractivity contribution < 1.29 is 9.53 Å². The van der Waals surface area contributed by atoms with Gasteiger partial charge in [-0.05, 0) is 35.9 Å². The molecule has 0 fully saturated rings. The van der Waals surface area contributed by atoms with Gasteiger partial charge in [-0.3, -0.25) is 4.79 Å². The number of rotatable bonds is 5. The molecule has 0 saturated carbocycles. The number of hydrogen-bond donors (Lipinski definition) is 1. The molecule has 0 heterocycles. The molecule has 0 aliphatic rings. The van der Waals surface area contributed by atoms with E-state index >= 15 is 0 Å². The van der Waals surface area contributed by atoms with Crippen molar-refractivity contribution in [3.8, 4) is 5.75 Å². The van der Waals surface area contributed by atoms with Crippen LogP contribution in [0.25, 0.3) is 10.8 Å². The largest absolute Gasteiger partial charge is 0.483 e. The molecule has 1 N–H and O–H groups in total. The number of amides is 1. The standard InChI is InChI=1S/C21H21NO2/c1-3-16-10-6-8-15(2)21(16)22-20(23)14-24-19-13-7-11-17-9-4-5-12-18(17)19/h4-13H,3,14H2,1-2H3,(H,22,23). The van der Waals surface area contributed by atoms with E-state index in [9.17, 15) is 4.79 Å². The number of fused-ring (bicyclic) bond motifs is 1. The van der Waals surface area contributed by atoms with Crippen molar-refractivity contribution in [1.29, 1.82) is 0 Å². The van der Waals surface area contributed by atoms with Gasteiger partial charge in [0.2, 0.25) is 0 Å². The first-order valence-electron chi connectivity index (χ1n) is 8.18. The molecule has 3 aromatic rings. The van der Waals surface area contributed by atoms with Gasteiger partial charge in [0.15, 0.2) is 6.61 Å². The molecule has 0 aliphatic carbocycles. The summed E-state index contributed by atoms with van der Waals surface area (Å²) in [6.07, 6.45) is 0.876. The highest BCUT2D eigenvalue weighted by molar-refractivity contribution is 5.94. The first-order chi connectivity index (χ1) is 11.7. The third kappa shape index (κ3) is 3.40. The van der Waals surface area contributed by atoms with Crippen LogP contribution in [-0.2, 0) is 11.2 Å². The van der Waals surface area contributed by atoms with Crippen molar-refractivity contribution in [2.45, 2.75) is 20.3 Å². The summed E-state index contributed by atoms with van der Waals surface area (Å²) in [6, 6.07) is 19.9. The molecule has 0 saturated heterocycles. The molecular weight excluding hydrogens is 298 g/mol. The zero-order valence-corrected chi connectivity index (χ0v) is 14.0. The quantitative estimate of drug-likeness (QED) is 0.738. The Morgan fingerprint density at radius 3 is 2.58 bits per heavy atom. The van der Waals surface area contributed by atoms with Crippen LogP contribution in [0.3, 0.4) is 0 Å². The van der Waals surface area contributed by atoms with E-state index in [0.29, 0.717) is 0 Å². The molecule has 122 valence electrons. The Morgan fingerprint density at radius 1 is 1.00 bits per heavy atom. The van der Waals surface area contributed by atoms with Crippen LogP contribution in [0, 0.1) is 6.92 Å². The van der Waals surface area contributed by atoms with Crippen molar-refractivity contribution in [3.05, 3.63) is 71.8 Å². The lowest BCUT2D eigenvalue weighted by molar-refractivity contribution is -0.118. The van der Waals surface area contributed by atoms with Gasteiger partial charge < -0.3 is 10.1 Å². The predicted octanol–water partition coefficient (Wildman–Crippen LogP) is 4.73. The molecule has 0 unspecified atom stereocenters. The van der Waals surface area contributed by atoms with Gasteiger partial charge in [-0.15, -0.1) is 0 Å². The zero-order chi connectivity index (χ0) is 16.9. The summed E-state index contributed by atoms with van der Waals surface area (Å²) in [5.41, 5.74) is 3.09. The number of hydrogen-bond acceptors (Lipinski definition) is 2. The lowest BCUT2D eigenvalue weighted by Crippen LogP contribution is -2.21. The van der Waals surface area contributed by atoms with Gasteiger partial charge in [-0.1, -0.05) is 61.5 Å². The summed E-state index contributed by atoms with van der Waals surface area (Å²) in [5, 5.41) is 5.10. The smallest absolute Gasteiger partial charge is 0.262 e. The highest BCUT2D eigenvalue weighted by Crippen LogP contribution is 2.25. The minimum Gasteiger partial charge on any atom is -0.483 e. The van der Waals surface area contributed by atoms with E-state index in [1.165, 1.54) is 0 Å². The monoisotopic (exact) mass is 319 g/mol. The Balaban J connectivity index is 1.72. The minimum absolute atomic E-state index is 0.00844. The van der Waals surface area contributed by atoms with Gasteiger partial charge in [0.05, 0.1) is 0 Å². The molecular formula is C21H21NO2. The molecule has 0 bridgehead atoms. The van der Waals surface area contributed by atoms with E-state index < -0.39 is 0 Å². The molecule has 3 rings (SSSR count). The van der Waals surface area contributed by atoms with Crippen LogP contribution in [-0.4, -0.2) is 12.5 Å². The minimum atomic E-state index is -0.146. The molecule has 3 nitrogen and oxygen atoms in total. The highest BCUT2D eigenvalue weighted by Gasteiger charge is 2.10. The van der Waals surface area contributed by atoms with Crippen molar-refractivity contribution >= 4 is 22.4 Å². The first-order valence-corrected chi connectivity index (χ1v) is 8.18. The maximum absolute atomic E-state index is 12.3. The summed E-state index contributed by atoms with van der Waals surface area (Å²) >= 11 is 0. The van der Waals surface area contributed by atoms with Crippen LogP contribution in [0.1, 0.15) is 18.1 Å². The highest BCUT2D eigenvalue weighted by atomic mass is 16.5. The van der Waals surface area contributed by atoms with Gasteiger partial charge in [-0.2, -0.15) is 0 Å². The van der Waals surface area contributed by atoms with Crippen molar-refractivity contribution in [2.75, 3.05) is 11.9 Å². The van der Waals surface area contributed by atoms with Crippen molar-refractivity contribution in [1.82, 2.24) is 0 Å². The van der Waals surface area contributed by atoms with Gasteiger partial charge in [-0.25, -0.2) is 0 Å². The average molecular weight is 319 g/mol. The fraction of sp³-hybridized carbons (Fsp3) is 0.190. The molecule has 3 heteroatoms. The van der Waals surface area contributed by atoms with E-state index in [2.05, 4.69) is 12.2 Å². The van der Waals surface area contributed by atoms with Gasteiger partial charge in [0, 0.05) is 11.1 Å². The van der Waals surface area contributed by atoms with Crippen LogP contribution in [0.15, 0.2) is 60.7 Å². The number of para-hydroxylation sites is 1. The molecule has 24 heavy (non-hydrogen) atoms. The second-order valence-electron chi connectivity index (χ2n) is 5.78. The lowest BCUT2D eigenvalue weighted by Gasteiger charge is -2.14. The number of benzene rings is 3. The normalized spacial score (nSPS) is 10.6. The second kappa shape index (κ2) is 7.18. The van der Waals surface area contributed by atoms with Crippen LogP contribution < -0.4 is 10.1 Å². The van der Waals surface area contributed by atoms with Crippen LogP contribution in [0.4, 0.5) is 5.69 Å². The fourth-order valence-electron chi connectivity index (χ4n) is 2.84. The van der Waals surface area contributed by atoms with Crippen molar-refractivity contribution in [2.24, 2.45) is 0 Å². The topological polar surface area (TPSA) is 38.3 Å². The number of carbonyl (C=O) groups is 1.